The number of carbonyl (C=O) groups excluding carboxylic acids is 2. The Morgan fingerprint density at radius 3 is 2.86 bits per heavy atom. The molecule has 0 unspecified atom stereocenters. The fourth-order valence-corrected chi connectivity index (χ4v) is 4.58. The van der Waals surface area contributed by atoms with Gasteiger partial charge in [0.05, 0.1) is 18.8 Å². The van der Waals surface area contributed by atoms with E-state index in [1.54, 1.807) is 12.5 Å². The molecule has 0 spiro atoms. The summed E-state index contributed by atoms with van der Waals surface area (Å²) in [5.74, 6) is 0.557. The largest absolute Gasteiger partial charge is 0.355 e. The highest BCUT2D eigenvalue weighted by molar-refractivity contribution is 5.84. The molecule has 7 nitrogen and oxygen atoms in total. The van der Waals surface area contributed by atoms with E-state index in [9.17, 15) is 9.59 Å². The van der Waals surface area contributed by atoms with Crippen molar-refractivity contribution in [2.24, 2.45) is 11.8 Å². The van der Waals surface area contributed by atoms with Crippen molar-refractivity contribution in [3.63, 3.8) is 0 Å². The number of allylic oxidation sites excluding steroid dienone is 1. The number of hydrogen-bond acceptors (Lipinski definition) is 4. The number of H-pyrrole nitrogens is 1. The van der Waals surface area contributed by atoms with E-state index in [-0.39, 0.29) is 29.8 Å². The minimum atomic E-state index is -0.128. The zero-order valence-corrected chi connectivity index (χ0v) is 18.1. The van der Waals surface area contributed by atoms with Crippen molar-refractivity contribution < 1.29 is 9.59 Å². The molecule has 1 aromatic heterocycles. The molecule has 3 rings (SSSR count). The average molecular weight is 402 g/mol. The van der Waals surface area contributed by atoms with Crippen molar-refractivity contribution in [3.05, 3.63) is 29.9 Å². The molecule has 160 valence electrons. The van der Waals surface area contributed by atoms with Crippen LogP contribution in [-0.4, -0.2) is 69.8 Å². The summed E-state index contributed by atoms with van der Waals surface area (Å²) in [4.78, 5) is 37.3. The lowest BCUT2D eigenvalue weighted by Gasteiger charge is -2.40. The van der Waals surface area contributed by atoms with Crippen LogP contribution in [-0.2, 0) is 16.0 Å². The number of aromatic amines is 1. The Balaban J connectivity index is 1.65. The summed E-state index contributed by atoms with van der Waals surface area (Å²) < 4.78 is 0. The molecule has 29 heavy (non-hydrogen) atoms. The summed E-state index contributed by atoms with van der Waals surface area (Å²) in [7, 11) is 0. The standard InChI is InChI=1S/C22H35N5O2/c1-15(2)6-8-26-12-18-10-19(20(9-16(3)4)27(18)21(28)13-26)22(29)24-7-5-17-11-23-14-25-17/h6,11,14,16,18-20H,5,7-10,12-13H2,1-4H3,(H,23,25)(H,24,29)/t18-,19-,20-/m0/s1. The van der Waals surface area contributed by atoms with Crippen molar-refractivity contribution in [3.8, 4) is 0 Å². The molecule has 3 heterocycles. The molecule has 2 fully saturated rings. The smallest absolute Gasteiger partial charge is 0.237 e. The second-order valence-corrected chi connectivity index (χ2v) is 9.09. The van der Waals surface area contributed by atoms with Crippen molar-refractivity contribution in [2.45, 2.75) is 59.0 Å². The Morgan fingerprint density at radius 1 is 1.41 bits per heavy atom. The molecule has 0 radical (unpaired) electrons. The van der Waals surface area contributed by atoms with Gasteiger partial charge < -0.3 is 15.2 Å². The number of nitrogens with one attached hydrogen (secondary N) is 2. The molecule has 2 aliphatic rings. The lowest BCUT2D eigenvalue weighted by Crippen LogP contribution is -2.56. The number of carbonyl (C=O) groups is 2. The van der Waals surface area contributed by atoms with Crippen LogP contribution in [0.1, 0.15) is 46.2 Å². The number of imidazole rings is 1. The predicted molar refractivity (Wildman–Crippen MR) is 113 cm³/mol. The highest BCUT2D eigenvalue weighted by Gasteiger charge is 2.49. The van der Waals surface area contributed by atoms with Gasteiger partial charge in [-0.2, -0.15) is 0 Å². The Labute approximate surface area is 173 Å². The third-order valence-electron chi connectivity index (χ3n) is 5.91. The number of hydrogen-bond donors (Lipinski definition) is 2. The first-order valence-electron chi connectivity index (χ1n) is 10.8. The van der Waals surface area contributed by atoms with Crippen LogP contribution >= 0.6 is 0 Å². The normalized spacial score (nSPS) is 24.7. The molecule has 2 saturated heterocycles. The molecule has 2 aliphatic heterocycles. The van der Waals surface area contributed by atoms with Crippen LogP contribution in [0.5, 0.6) is 0 Å². The van der Waals surface area contributed by atoms with Gasteiger partial charge in [0.2, 0.25) is 11.8 Å². The highest BCUT2D eigenvalue weighted by Crippen LogP contribution is 2.36. The Hall–Kier alpha value is -2.15. The summed E-state index contributed by atoms with van der Waals surface area (Å²) in [5, 5.41) is 3.09. The summed E-state index contributed by atoms with van der Waals surface area (Å²) in [6.07, 6.45) is 7.96. The molecule has 2 N–H and O–H groups in total. The minimum absolute atomic E-state index is 0.00487. The average Bonchev–Trinajstić information content (AvgIpc) is 3.28. The number of nitrogens with zero attached hydrogens (tertiary/aromatic N) is 3. The van der Waals surface area contributed by atoms with Gasteiger partial charge in [0.1, 0.15) is 0 Å². The van der Waals surface area contributed by atoms with Gasteiger partial charge >= 0.3 is 0 Å². The monoisotopic (exact) mass is 401 g/mol. The lowest BCUT2D eigenvalue weighted by molar-refractivity contribution is -0.140. The molecule has 0 bridgehead atoms. The fraction of sp³-hybridized carbons (Fsp3) is 0.682. The van der Waals surface area contributed by atoms with Crippen LogP contribution in [0.3, 0.4) is 0 Å². The summed E-state index contributed by atoms with van der Waals surface area (Å²) in [6, 6.07) is 0.138. The first-order valence-corrected chi connectivity index (χ1v) is 10.8. The van der Waals surface area contributed by atoms with Gasteiger partial charge in [0.15, 0.2) is 0 Å². The fourth-order valence-electron chi connectivity index (χ4n) is 4.58. The SMILES string of the molecule is CC(C)=CCN1CC(=O)N2[C@@H](C[C@H](C(=O)NCCc3cnc[nH]3)[C@@H]2CC(C)C)C1. The first kappa shape index (κ1) is 21.6. The van der Waals surface area contributed by atoms with E-state index in [4.69, 9.17) is 0 Å². The maximum absolute atomic E-state index is 13.0. The van der Waals surface area contributed by atoms with Crippen LogP contribution in [0.2, 0.25) is 0 Å². The highest BCUT2D eigenvalue weighted by atomic mass is 16.2. The van der Waals surface area contributed by atoms with Crippen LogP contribution in [0, 0.1) is 11.8 Å². The molecular weight excluding hydrogens is 366 g/mol. The Bertz CT molecular complexity index is 724. The summed E-state index contributed by atoms with van der Waals surface area (Å²) in [6.45, 7) is 11.2. The van der Waals surface area contributed by atoms with E-state index in [1.807, 2.05) is 4.90 Å². The topological polar surface area (TPSA) is 81.3 Å². The molecule has 0 aromatic carbocycles. The van der Waals surface area contributed by atoms with E-state index in [2.05, 4.69) is 54.0 Å². The number of aromatic nitrogens is 2. The zero-order valence-electron chi connectivity index (χ0n) is 18.1. The van der Waals surface area contributed by atoms with Gasteiger partial charge in [-0.1, -0.05) is 25.5 Å². The molecule has 0 saturated carbocycles. The van der Waals surface area contributed by atoms with Crippen molar-refractivity contribution >= 4 is 11.8 Å². The second-order valence-electron chi connectivity index (χ2n) is 9.09. The van der Waals surface area contributed by atoms with Crippen LogP contribution < -0.4 is 5.32 Å². The molecule has 0 aliphatic carbocycles. The summed E-state index contributed by atoms with van der Waals surface area (Å²) in [5.41, 5.74) is 2.27. The van der Waals surface area contributed by atoms with Gasteiger partial charge in [-0.15, -0.1) is 0 Å². The van der Waals surface area contributed by atoms with Crippen molar-refractivity contribution in [1.82, 2.24) is 25.1 Å². The van der Waals surface area contributed by atoms with E-state index in [0.717, 1.165) is 38.0 Å². The molecule has 7 heteroatoms. The number of fused-ring (bicyclic) bond motifs is 1. The minimum Gasteiger partial charge on any atom is -0.355 e. The molecular formula is C22H35N5O2. The third-order valence-corrected chi connectivity index (χ3v) is 5.91. The van der Waals surface area contributed by atoms with Gasteiger partial charge in [0.25, 0.3) is 0 Å². The van der Waals surface area contributed by atoms with Crippen LogP contribution in [0.25, 0.3) is 0 Å². The second kappa shape index (κ2) is 9.57. The molecule has 1 aromatic rings. The van der Waals surface area contributed by atoms with Crippen molar-refractivity contribution in [2.75, 3.05) is 26.2 Å². The van der Waals surface area contributed by atoms with Gasteiger partial charge in [0, 0.05) is 50.0 Å². The molecule has 3 atom stereocenters. The third kappa shape index (κ3) is 5.47. The zero-order chi connectivity index (χ0) is 21.0. The van der Waals surface area contributed by atoms with E-state index >= 15 is 0 Å². The van der Waals surface area contributed by atoms with Crippen molar-refractivity contribution in [1.29, 1.82) is 0 Å². The Morgan fingerprint density at radius 2 is 2.21 bits per heavy atom. The summed E-state index contributed by atoms with van der Waals surface area (Å²) >= 11 is 0. The Kier molecular flexibility index (Phi) is 7.11. The number of rotatable bonds is 8. The predicted octanol–water partition coefficient (Wildman–Crippen LogP) is 1.98. The van der Waals surface area contributed by atoms with E-state index < -0.39 is 0 Å². The van der Waals surface area contributed by atoms with Gasteiger partial charge in [-0.05, 0) is 32.6 Å². The molecule has 2 amide bonds. The van der Waals surface area contributed by atoms with Crippen LogP contribution in [0.4, 0.5) is 0 Å². The van der Waals surface area contributed by atoms with Crippen LogP contribution in [0.15, 0.2) is 24.2 Å². The quantitative estimate of drug-likeness (QED) is 0.653. The lowest BCUT2D eigenvalue weighted by atomic mass is 9.91. The maximum Gasteiger partial charge on any atom is 0.237 e. The number of piperazine rings is 1. The number of amides is 2. The van der Waals surface area contributed by atoms with Gasteiger partial charge in [-0.25, -0.2) is 4.98 Å². The van der Waals surface area contributed by atoms with E-state index in [1.165, 1.54) is 5.57 Å². The maximum atomic E-state index is 13.0. The first-order chi connectivity index (χ1) is 13.8. The van der Waals surface area contributed by atoms with E-state index in [0.29, 0.717) is 19.0 Å². The van der Waals surface area contributed by atoms with Gasteiger partial charge in [-0.3, -0.25) is 14.5 Å².